The highest BCUT2D eigenvalue weighted by atomic mass is 16.5. The van der Waals surface area contributed by atoms with Crippen LogP contribution < -0.4 is 108 Å². The monoisotopic (exact) mass is 1990 g/mol. The van der Waals surface area contributed by atoms with E-state index in [2.05, 4.69) is 90.4 Å². The van der Waals surface area contributed by atoms with Crippen molar-refractivity contribution in [2.45, 2.75) is 363 Å². The third kappa shape index (κ3) is 43.0. The molecule has 0 spiro atoms. The van der Waals surface area contributed by atoms with E-state index in [1.165, 1.54) is 31.7 Å². The van der Waals surface area contributed by atoms with Crippen molar-refractivity contribution in [3.63, 3.8) is 0 Å². The number of nitrogens with two attached hydrogens (primary N) is 3. The Hall–Kier alpha value is -11.4. The van der Waals surface area contributed by atoms with E-state index in [9.17, 15) is 116 Å². The van der Waals surface area contributed by atoms with Gasteiger partial charge in [0, 0.05) is 19.6 Å². The molecule has 46 nitrogen and oxygen atoms in total. The topological polar surface area (TPSA) is 717 Å². The number of cyclic esters (lactones) is 1. The fourth-order valence-corrected chi connectivity index (χ4v) is 15.4. The molecule has 2 heterocycles. The van der Waals surface area contributed by atoms with Gasteiger partial charge in [0.15, 0.2) is 0 Å². The van der Waals surface area contributed by atoms with E-state index in [0.717, 1.165) is 18.9 Å². The lowest BCUT2D eigenvalue weighted by atomic mass is 9.97. The van der Waals surface area contributed by atoms with Gasteiger partial charge in [0.2, 0.25) is 100 Å². The Kier molecular flexibility index (Phi) is 56.5. The van der Waals surface area contributed by atoms with Gasteiger partial charge in [-0.05, 0) is 165 Å². The van der Waals surface area contributed by atoms with Gasteiger partial charge in [-0.15, -0.1) is 0 Å². The molecule has 2 saturated heterocycles. The normalized spacial score (nSPS) is 19.9. The Bertz CT molecular complexity index is 4220. The molecule has 2 aliphatic heterocycles. The molecule has 2 fully saturated rings. The summed E-state index contributed by atoms with van der Waals surface area (Å²) in [7, 11) is 0. The van der Waals surface area contributed by atoms with Crippen molar-refractivity contribution < 1.29 is 121 Å². The summed E-state index contributed by atoms with van der Waals surface area (Å²) in [6.45, 7) is 29.8. The molecule has 2 aliphatic rings. The van der Waals surface area contributed by atoms with E-state index in [1.807, 2.05) is 6.92 Å². The third-order valence-corrected chi connectivity index (χ3v) is 23.3. The zero-order valence-corrected chi connectivity index (χ0v) is 85.2. The number of aliphatic hydroxyl groups excluding tert-OH is 4. The lowest BCUT2D eigenvalue weighted by Crippen LogP contribution is -2.62. The van der Waals surface area contributed by atoms with Gasteiger partial charge in [0.1, 0.15) is 114 Å². The first-order chi connectivity index (χ1) is 65.7. The highest BCUT2D eigenvalue weighted by Gasteiger charge is 2.44. The molecular formula is C94H163N21O25. The second kappa shape index (κ2) is 63.4. The fourth-order valence-electron chi connectivity index (χ4n) is 15.4. The van der Waals surface area contributed by atoms with Crippen LogP contribution in [-0.2, 0) is 101 Å². The Morgan fingerprint density at radius 1 is 0.457 bits per heavy atom. The van der Waals surface area contributed by atoms with Crippen LogP contribution in [0.5, 0.6) is 0 Å². The lowest BCUT2D eigenvalue weighted by Gasteiger charge is -2.31. The molecule has 0 aromatic rings. The molecule has 19 amide bonds. The van der Waals surface area contributed by atoms with E-state index < -0.39 is 289 Å². The van der Waals surface area contributed by atoms with Crippen LogP contribution in [0, 0.1) is 47.3 Å². The number of unbranched alkanes of at least 4 members (excludes halogenated alkanes) is 3. The second-order valence-corrected chi connectivity index (χ2v) is 38.8. The van der Waals surface area contributed by atoms with Crippen molar-refractivity contribution in [1.29, 1.82) is 0 Å². The number of rotatable bonds is 57. The molecule has 18 atom stereocenters. The summed E-state index contributed by atoms with van der Waals surface area (Å²) < 4.78 is 5.83. The van der Waals surface area contributed by atoms with Crippen molar-refractivity contribution in [1.82, 2.24) is 95.3 Å². The molecule has 1 unspecified atom stereocenters. The Labute approximate surface area is 821 Å². The second-order valence-electron chi connectivity index (χ2n) is 38.8. The molecule has 0 bridgehead atoms. The maximum Gasteiger partial charge on any atom is 0.328 e. The van der Waals surface area contributed by atoms with Crippen LogP contribution in [-0.4, -0.2) is 292 Å². The average molecular weight is 1990 g/mol. The maximum absolute atomic E-state index is 14.7. The number of hydrogen-bond acceptors (Lipinski definition) is 27. The van der Waals surface area contributed by atoms with Crippen molar-refractivity contribution in [2.24, 2.45) is 64.5 Å². The predicted molar refractivity (Wildman–Crippen MR) is 516 cm³/mol. The van der Waals surface area contributed by atoms with Crippen molar-refractivity contribution >= 4 is 118 Å². The van der Waals surface area contributed by atoms with Gasteiger partial charge in [-0.3, -0.25) is 91.1 Å². The molecule has 2 rings (SSSR count). The highest BCUT2D eigenvalue weighted by molar-refractivity contribution is 6.05. The number of ether oxygens (including phenoxy) is 1. The molecule has 0 aromatic heterocycles. The quantitative estimate of drug-likeness (QED) is 0.0159. The van der Waals surface area contributed by atoms with Gasteiger partial charge in [-0.1, -0.05) is 149 Å². The highest BCUT2D eigenvalue weighted by Crippen LogP contribution is 2.23. The first-order valence-electron chi connectivity index (χ1n) is 48.9. The first kappa shape index (κ1) is 125. The number of allylic oxidation sites excluding steroid dienone is 2. The number of primary amides is 1. The minimum Gasteiger partial charge on any atom is -0.458 e. The molecule has 46 heteroatoms. The molecule has 0 aromatic carbocycles. The van der Waals surface area contributed by atoms with Crippen LogP contribution in [0.2, 0.25) is 0 Å². The van der Waals surface area contributed by atoms with Crippen LogP contribution in [0.25, 0.3) is 0 Å². The number of esters is 1. The average Bonchev–Trinajstić information content (AvgIpc) is 1.68. The Balaban J connectivity index is 2.45. The van der Waals surface area contributed by atoms with Gasteiger partial charge >= 0.3 is 5.97 Å². The predicted octanol–water partition coefficient (Wildman–Crippen LogP) is -3.52. The SMILES string of the molecule is C/C=C(\NC(=O)[C@H](NC(=O)[C@H](CC(C)C)NC(=O)[C@@H](CCC(N)=O)NC(=O)[C@@H](NC(=O)[C@H](NC(=O)[C@@H](CC(C)C)NC(=O)[C@@H](CO)NC(=O)[C@H](NC(=O)[C@@H](CC(C)C)NC(=O)[C@@H](CO)NC(=O)[C@H]1CCCN1C(=O)/C(=C/C)NC(=O)CC(O)CCCCC)C(C)C)C(C)C)C(C)C)C(C)C)C(=O)N[C@H]1C(=O)N[C@@H](CC(C)C)C(=O)N[C@@H](CCO)C(=O)N[C@H](CCN)C(=O)N[C@@H](CCCCN)C(=O)O[C@@H]1C. The van der Waals surface area contributed by atoms with Crippen LogP contribution in [0.3, 0.4) is 0 Å². The van der Waals surface area contributed by atoms with E-state index >= 15 is 0 Å². The number of amides is 19. The standard InChI is InChI=1S/C94H163N21O25/c1-21-24-25-29-56(119)44-71(121)98-58(23-3)93(138)115-38-28-31-69(115)87(132)108-67(45-117)85(130)105-65(42-49(8)9)83(128)111-73(52(14)15)90(135)109-68(46-118)86(131)106-66(43-50(10)11)84(129)112-75(54(18)19)91(136)113-74(53(16)17)89(134)102-59(32-33-70(97)120)78(123)104-64(41-48(6)7)82(127)110-72(51(12)13)88(133)99-57(22-2)77(122)114-76-55(20)140-94(139)62(30-26-27-36-95)103-79(124)60(34-37-96)100-80(125)61(35-39-116)101-81(126)63(40-47(4)5)107-92(76)137/h22-23,47-56,59-69,72-76,116-119H,21,24-46,95-96H2,1-20H3,(H2,97,120)(H,98,121)(H,99,133)(H,100,125)(H,101,126)(H,102,134)(H,103,124)(H,104,123)(H,105,130)(H,106,131)(H,107,137)(H,108,132)(H,109,135)(H,110,127)(H,111,128)(H,112,129)(H,113,136)(H,114,122)/b57-22-,58-23-/t55-,56?,59-,60-,61+,62+,63+,64+,65-,66-,67-,68-,69-,72-,73-,74+,75-,76-/m1/s1. The van der Waals surface area contributed by atoms with Crippen LogP contribution in [0.4, 0.5) is 0 Å². The first-order valence-corrected chi connectivity index (χ1v) is 48.9. The zero-order chi connectivity index (χ0) is 106. The molecule has 27 N–H and O–H groups in total. The zero-order valence-electron chi connectivity index (χ0n) is 85.2. The third-order valence-electron chi connectivity index (χ3n) is 23.3. The summed E-state index contributed by atoms with van der Waals surface area (Å²) in [6.07, 6.45) is 1.95. The Morgan fingerprint density at radius 3 is 1.30 bits per heavy atom. The van der Waals surface area contributed by atoms with E-state index in [4.69, 9.17) is 21.9 Å². The number of nitrogens with zero attached hydrogens (tertiary/aromatic N) is 1. The largest absolute Gasteiger partial charge is 0.458 e. The summed E-state index contributed by atoms with van der Waals surface area (Å²) >= 11 is 0. The van der Waals surface area contributed by atoms with E-state index in [1.54, 1.807) is 111 Å². The number of likely N-dealkylation sites (tertiary alicyclic amines) is 1. The molecule has 140 heavy (non-hydrogen) atoms. The lowest BCUT2D eigenvalue weighted by molar-refractivity contribution is -0.156. The molecule has 0 saturated carbocycles. The smallest absolute Gasteiger partial charge is 0.328 e. The number of aliphatic hydroxyl groups is 4. The molecule has 0 radical (unpaired) electrons. The summed E-state index contributed by atoms with van der Waals surface area (Å²) in [5, 5.41) is 84.9. The van der Waals surface area contributed by atoms with E-state index in [-0.39, 0.29) is 113 Å². The maximum atomic E-state index is 14.7. The number of carbonyl (C=O) groups excluding carboxylic acids is 20. The minimum atomic E-state index is -1.89. The number of hydrogen-bond donors (Lipinski definition) is 24. The summed E-state index contributed by atoms with van der Waals surface area (Å²) in [5.74, 6) is -23.3. The Morgan fingerprint density at radius 2 is 0.871 bits per heavy atom. The summed E-state index contributed by atoms with van der Waals surface area (Å²) in [6, 6.07) is -24.2. The van der Waals surface area contributed by atoms with Crippen molar-refractivity contribution in [3.05, 3.63) is 23.5 Å². The van der Waals surface area contributed by atoms with Crippen molar-refractivity contribution in [2.75, 3.05) is 39.5 Å². The number of carbonyl (C=O) groups is 20. The van der Waals surface area contributed by atoms with Crippen LogP contribution in [0.15, 0.2) is 23.5 Å². The number of nitrogens with one attached hydrogen (secondary N) is 17. The fraction of sp³-hybridized carbons (Fsp3) is 0.745. The van der Waals surface area contributed by atoms with E-state index in [0.29, 0.717) is 25.7 Å². The molecule has 794 valence electrons. The minimum absolute atomic E-state index is 0.0437. The van der Waals surface area contributed by atoms with Gasteiger partial charge in [-0.2, -0.15) is 0 Å². The van der Waals surface area contributed by atoms with Gasteiger partial charge in [-0.25, -0.2) is 4.79 Å². The van der Waals surface area contributed by atoms with Crippen molar-refractivity contribution in [3.8, 4) is 0 Å². The van der Waals surface area contributed by atoms with Crippen LogP contribution >= 0.6 is 0 Å². The molecular weight excluding hydrogens is 1820 g/mol. The van der Waals surface area contributed by atoms with Crippen LogP contribution in [0.1, 0.15) is 254 Å². The van der Waals surface area contributed by atoms with Gasteiger partial charge in [0.05, 0.1) is 25.7 Å². The summed E-state index contributed by atoms with van der Waals surface area (Å²) in [4.78, 5) is 284. The van der Waals surface area contributed by atoms with Gasteiger partial charge < -0.3 is 138 Å². The summed E-state index contributed by atoms with van der Waals surface area (Å²) in [5.41, 5.74) is 16.5. The molecule has 0 aliphatic carbocycles. The van der Waals surface area contributed by atoms with Gasteiger partial charge in [0.25, 0.3) is 11.8 Å².